The number of halogens is 1. The third-order valence-electron chi connectivity index (χ3n) is 3.53. The molecule has 18 heavy (non-hydrogen) atoms. The number of carbonyl (C=O) groups excluding carboxylic acids is 1. The molecule has 1 saturated carbocycles. The average Bonchev–Trinajstić information content (AvgIpc) is 2.75. The summed E-state index contributed by atoms with van der Waals surface area (Å²) in [6.07, 6.45) is 3.72. The molecule has 1 aromatic carbocycles. The third kappa shape index (κ3) is 3.56. The standard InChI is InChI=1S/C14H19BrN2O/c1-10-5-4-8-12(10)16-9-14(18)17-13-7-3-2-6-11(13)15/h2-3,6-7,10,12,16H,4-5,8-9H2,1H3,(H,17,18). The van der Waals surface area contributed by atoms with Crippen molar-refractivity contribution >= 4 is 27.5 Å². The van der Waals surface area contributed by atoms with Gasteiger partial charge in [0.25, 0.3) is 0 Å². The van der Waals surface area contributed by atoms with E-state index in [1.807, 2.05) is 24.3 Å². The van der Waals surface area contributed by atoms with Gasteiger partial charge in [-0.2, -0.15) is 0 Å². The fourth-order valence-corrected chi connectivity index (χ4v) is 2.81. The van der Waals surface area contributed by atoms with E-state index in [2.05, 4.69) is 33.5 Å². The van der Waals surface area contributed by atoms with Crippen molar-refractivity contribution in [1.29, 1.82) is 0 Å². The summed E-state index contributed by atoms with van der Waals surface area (Å²) in [5.41, 5.74) is 0.823. The lowest BCUT2D eigenvalue weighted by atomic mass is 10.1. The molecule has 4 heteroatoms. The topological polar surface area (TPSA) is 41.1 Å². The van der Waals surface area contributed by atoms with Gasteiger partial charge in [0, 0.05) is 10.5 Å². The molecular formula is C14H19BrN2O. The van der Waals surface area contributed by atoms with Gasteiger partial charge < -0.3 is 10.6 Å². The highest BCUT2D eigenvalue weighted by molar-refractivity contribution is 9.10. The molecule has 2 atom stereocenters. The Morgan fingerprint density at radius 2 is 2.17 bits per heavy atom. The molecule has 1 aromatic rings. The second-order valence-corrected chi connectivity index (χ2v) is 5.78. The highest BCUT2D eigenvalue weighted by Crippen LogP contribution is 2.24. The van der Waals surface area contributed by atoms with Crippen molar-refractivity contribution in [1.82, 2.24) is 5.32 Å². The lowest BCUT2D eigenvalue weighted by Crippen LogP contribution is -2.37. The Morgan fingerprint density at radius 1 is 1.39 bits per heavy atom. The molecule has 0 saturated heterocycles. The van der Waals surface area contributed by atoms with E-state index in [9.17, 15) is 4.79 Å². The second-order valence-electron chi connectivity index (χ2n) is 4.92. The van der Waals surface area contributed by atoms with Crippen LogP contribution in [0.4, 0.5) is 5.69 Å². The van der Waals surface area contributed by atoms with Gasteiger partial charge in [-0.25, -0.2) is 0 Å². The molecule has 1 fully saturated rings. The number of benzene rings is 1. The van der Waals surface area contributed by atoms with Crippen LogP contribution in [0.25, 0.3) is 0 Å². The van der Waals surface area contributed by atoms with Gasteiger partial charge in [-0.3, -0.25) is 4.79 Å². The number of amides is 1. The van der Waals surface area contributed by atoms with Crippen molar-refractivity contribution in [3.8, 4) is 0 Å². The van der Waals surface area contributed by atoms with Crippen molar-refractivity contribution in [2.75, 3.05) is 11.9 Å². The fourth-order valence-electron chi connectivity index (χ4n) is 2.43. The number of rotatable bonds is 4. The Bertz CT molecular complexity index is 422. The maximum absolute atomic E-state index is 11.8. The summed E-state index contributed by atoms with van der Waals surface area (Å²) in [7, 11) is 0. The quantitative estimate of drug-likeness (QED) is 0.897. The maximum atomic E-state index is 11.8. The summed E-state index contributed by atoms with van der Waals surface area (Å²) >= 11 is 3.42. The molecule has 98 valence electrons. The Morgan fingerprint density at radius 3 is 2.83 bits per heavy atom. The smallest absolute Gasteiger partial charge is 0.238 e. The van der Waals surface area contributed by atoms with Gasteiger partial charge in [0.05, 0.1) is 12.2 Å². The van der Waals surface area contributed by atoms with Crippen LogP contribution in [0.1, 0.15) is 26.2 Å². The fraction of sp³-hybridized carbons (Fsp3) is 0.500. The molecule has 1 aliphatic carbocycles. The molecule has 2 rings (SSSR count). The average molecular weight is 311 g/mol. The summed E-state index contributed by atoms with van der Waals surface area (Å²) in [4.78, 5) is 11.8. The molecule has 0 bridgehead atoms. The van der Waals surface area contributed by atoms with Crippen LogP contribution in [0.3, 0.4) is 0 Å². The van der Waals surface area contributed by atoms with Crippen molar-refractivity contribution in [3.05, 3.63) is 28.7 Å². The van der Waals surface area contributed by atoms with Crippen LogP contribution in [0.2, 0.25) is 0 Å². The van der Waals surface area contributed by atoms with Crippen molar-refractivity contribution in [2.45, 2.75) is 32.2 Å². The first kappa shape index (κ1) is 13.6. The van der Waals surface area contributed by atoms with Crippen molar-refractivity contribution < 1.29 is 4.79 Å². The van der Waals surface area contributed by atoms with E-state index in [4.69, 9.17) is 0 Å². The monoisotopic (exact) mass is 310 g/mol. The zero-order valence-corrected chi connectivity index (χ0v) is 12.2. The van der Waals surface area contributed by atoms with Gasteiger partial charge >= 0.3 is 0 Å². The molecule has 1 amide bonds. The minimum Gasteiger partial charge on any atom is -0.324 e. The highest BCUT2D eigenvalue weighted by Gasteiger charge is 2.23. The zero-order chi connectivity index (χ0) is 13.0. The lowest BCUT2D eigenvalue weighted by Gasteiger charge is -2.17. The number of carbonyl (C=O) groups is 1. The predicted octanol–water partition coefficient (Wildman–Crippen LogP) is 3.17. The number of hydrogen-bond donors (Lipinski definition) is 2. The van der Waals surface area contributed by atoms with Crippen LogP contribution < -0.4 is 10.6 Å². The van der Waals surface area contributed by atoms with E-state index in [0.29, 0.717) is 18.5 Å². The molecule has 0 radical (unpaired) electrons. The molecule has 0 aliphatic heterocycles. The molecule has 1 aliphatic rings. The number of hydrogen-bond acceptors (Lipinski definition) is 2. The summed E-state index contributed by atoms with van der Waals surface area (Å²) in [6, 6.07) is 8.14. The molecule has 3 nitrogen and oxygen atoms in total. The van der Waals surface area contributed by atoms with Crippen molar-refractivity contribution in [3.63, 3.8) is 0 Å². The minimum atomic E-state index is 0.0148. The largest absolute Gasteiger partial charge is 0.324 e. The Labute approximate surface area is 116 Å². The van der Waals surface area contributed by atoms with Crippen LogP contribution in [-0.4, -0.2) is 18.5 Å². The summed E-state index contributed by atoms with van der Waals surface area (Å²) < 4.78 is 0.910. The molecule has 0 spiro atoms. The van der Waals surface area contributed by atoms with E-state index in [1.165, 1.54) is 19.3 Å². The van der Waals surface area contributed by atoms with Gasteiger partial charge in [-0.1, -0.05) is 25.5 Å². The molecule has 0 aromatic heterocycles. The Kier molecular flexibility index (Phi) is 4.78. The Hall–Kier alpha value is -0.870. The van der Waals surface area contributed by atoms with Gasteiger partial charge in [0.1, 0.15) is 0 Å². The second kappa shape index (κ2) is 6.34. The molecular weight excluding hydrogens is 292 g/mol. The van der Waals surface area contributed by atoms with E-state index in [0.717, 1.165) is 10.2 Å². The van der Waals surface area contributed by atoms with E-state index in [1.54, 1.807) is 0 Å². The lowest BCUT2D eigenvalue weighted by molar-refractivity contribution is -0.115. The van der Waals surface area contributed by atoms with E-state index in [-0.39, 0.29) is 5.91 Å². The van der Waals surface area contributed by atoms with Crippen molar-refractivity contribution in [2.24, 2.45) is 5.92 Å². The van der Waals surface area contributed by atoms with E-state index < -0.39 is 0 Å². The Balaban J connectivity index is 1.80. The SMILES string of the molecule is CC1CCCC1NCC(=O)Nc1ccccc1Br. The van der Waals surface area contributed by atoms with Crippen LogP contribution in [0, 0.1) is 5.92 Å². The van der Waals surface area contributed by atoms with Gasteiger partial charge in [-0.15, -0.1) is 0 Å². The first-order valence-electron chi connectivity index (χ1n) is 6.44. The van der Waals surface area contributed by atoms with Gasteiger partial charge in [-0.05, 0) is 46.8 Å². The molecule has 2 N–H and O–H groups in total. The van der Waals surface area contributed by atoms with Gasteiger partial charge in [0.2, 0.25) is 5.91 Å². The first-order valence-corrected chi connectivity index (χ1v) is 7.24. The van der Waals surface area contributed by atoms with Crippen LogP contribution in [0.15, 0.2) is 28.7 Å². The van der Waals surface area contributed by atoms with Crippen LogP contribution in [-0.2, 0) is 4.79 Å². The molecule has 2 unspecified atom stereocenters. The normalized spacial score (nSPS) is 23.0. The summed E-state index contributed by atoms with van der Waals surface area (Å²) in [5.74, 6) is 0.697. The van der Waals surface area contributed by atoms with Gasteiger partial charge in [0.15, 0.2) is 0 Å². The zero-order valence-electron chi connectivity index (χ0n) is 10.6. The minimum absolute atomic E-state index is 0.0148. The summed E-state index contributed by atoms with van der Waals surface area (Å²) in [5, 5.41) is 6.24. The van der Waals surface area contributed by atoms with Crippen LogP contribution in [0.5, 0.6) is 0 Å². The maximum Gasteiger partial charge on any atom is 0.238 e. The first-order chi connectivity index (χ1) is 8.66. The van der Waals surface area contributed by atoms with E-state index >= 15 is 0 Å². The predicted molar refractivity (Wildman–Crippen MR) is 77.6 cm³/mol. The number of nitrogens with one attached hydrogen (secondary N) is 2. The number of anilines is 1. The molecule has 0 heterocycles. The third-order valence-corrected chi connectivity index (χ3v) is 4.23. The van der Waals surface area contributed by atoms with Crippen LogP contribution >= 0.6 is 15.9 Å². The summed E-state index contributed by atoms with van der Waals surface area (Å²) in [6.45, 7) is 2.63. The highest BCUT2D eigenvalue weighted by atomic mass is 79.9. The number of para-hydroxylation sites is 1.